The molecule has 94 valence electrons. The zero-order valence-corrected chi connectivity index (χ0v) is 11.1. The third-order valence-electron chi connectivity index (χ3n) is 2.26. The summed E-state index contributed by atoms with van der Waals surface area (Å²) < 4.78 is 27.1. The Balaban J connectivity index is 2.68. The number of ketones is 1. The molecule has 0 saturated carbocycles. The van der Waals surface area contributed by atoms with Crippen molar-refractivity contribution in [1.29, 1.82) is 0 Å². The maximum Gasteiger partial charge on any atom is 0.151 e. The smallest absolute Gasteiger partial charge is 0.151 e. The summed E-state index contributed by atoms with van der Waals surface area (Å²) in [5.41, 5.74) is -0.178. The van der Waals surface area contributed by atoms with Crippen molar-refractivity contribution >= 4 is 21.7 Å². The Morgan fingerprint density at radius 2 is 2.12 bits per heavy atom. The number of hydrogen-bond acceptors (Lipinski definition) is 2. The predicted octanol–water partition coefficient (Wildman–Crippen LogP) is 2.84. The van der Waals surface area contributed by atoms with Crippen LogP contribution in [0.3, 0.4) is 0 Å². The fourth-order valence-corrected chi connectivity index (χ4v) is 1.77. The molecule has 0 atom stereocenters. The molecule has 0 amide bonds. The second kappa shape index (κ2) is 6.81. The van der Waals surface area contributed by atoms with Crippen LogP contribution in [0, 0.1) is 11.6 Å². The average molecular weight is 306 g/mol. The SMILES string of the molecule is CCCNCC(=O)Cc1c(F)ccc(Br)c1F. The van der Waals surface area contributed by atoms with E-state index in [-0.39, 0.29) is 28.8 Å². The van der Waals surface area contributed by atoms with Gasteiger partial charge >= 0.3 is 0 Å². The first-order valence-corrected chi connectivity index (χ1v) is 6.20. The van der Waals surface area contributed by atoms with Crippen LogP contribution in [0.25, 0.3) is 0 Å². The van der Waals surface area contributed by atoms with Gasteiger partial charge in [-0.2, -0.15) is 0 Å². The van der Waals surface area contributed by atoms with Gasteiger partial charge in [-0.25, -0.2) is 8.78 Å². The molecule has 5 heteroatoms. The van der Waals surface area contributed by atoms with Crippen LogP contribution in [0.2, 0.25) is 0 Å². The van der Waals surface area contributed by atoms with E-state index in [2.05, 4.69) is 21.2 Å². The number of hydrogen-bond donors (Lipinski definition) is 1. The van der Waals surface area contributed by atoms with Crippen LogP contribution < -0.4 is 5.32 Å². The molecule has 0 unspecified atom stereocenters. The fraction of sp³-hybridized carbons (Fsp3) is 0.417. The zero-order valence-electron chi connectivity index (χ0n) is 9.53. The van der Waals surface area contributed by atoms with Gasteiger partial charge in [-0.1, -0.05) is 6.92 Å². The molecule has 0 aliphatic carbocycles. The Hall–Kier alpha value is -0.810. The molecule has 1 N–H and O–H groups in total. The molecule has 0 aromatic heterocycles. The third kappa shape index (κ3) is 4.16. The van der Waals surface area contributed by atoms with Gasteiger partial charge in [0.15, 0.2) is 5.78 Å². The minimum atomic E-state index is -0.700. The molecule has 0 heterocycles. The molecular weight excluding hydrogens is 292 g/mol. The number of halogens is 3. The summed E-state index contributed by atoms with van der Waals surface area (Å²) in [6, 6.07) is 2.43. The first kappa shape index (κ1) is 14.3. The highest BCUT2D eigenvalue weighted by Crippen LogP contribution is 2.21. The average Bonchev–Trinajstić information content (AvgIpc) is 2.30. The van der Waals surface area contributed by atoms with Crippen LogP contribution in [0.4, 0.5) is 8.78 Å². The normalized spacial score (nSPS) is 10.6. The van der Waals surface area contributed by atoms with E-state index in [4.69, 9.17) is 0 Å². The number of Topliss-reactive ketones (excluding diaryl/α,β-unsaturated/α-hetero) is 1. The molecule has 1 rings (SSSR count). The van der Waals surface area contributed by atoms with Gasteiger partial charge in [0.2, 0.25) is 0 Å². The number of nitrogens with one attached hydrogen (secondary N) is 1. The van der Waals surface area contributed by atoms with Gasteiger partial charge in [-0.15, -0.1) is 0 Å². The molecular formula is C12H14BrF2NO. The Morgan fingerprint density at radius 3 is 2.76 bits per heavy atom. The van der Waals surface area contributed by atoms with Gasteiger partial charge in [0.1, 0.15) is 11.6 Å². The van der Waals surface area contributed by atoms with Crippen molar-refractivity contribution in [1.82, 2.24) is 5.32 Å². The lowest BCUT2D eigenvalue weighted by molar-refractivity contribution is -0.117. The van der Waals surface area contributed by atoms with E-state index in [1.165, 1.54) is 6.07 Å². The Labute approximate surface area is 108 Å². The summed E-state index contributed by atoms with van der Waals surface area (Å²) in [6.45, 7) is 2.83. The highest BCUT2D eigenvalue weighted by atomic mass is 79.9. The quantitative estimate of drug-likeness (QED) is 0.647. The summed E-state index contributed by atoms with van der Waals surface area (Å²) in [6.07, 6.45) is 0.681. The second-order valence-corrected chi connectivity index (χ2v) is 4.57. The number of rotatable bonds is 6. The molecule has 1 aromatic rings. The van der Waals surface area contributed by atoms with Crippen molar-refractivity contribution in [2.45, 2.75) is 19.8 Å². The lowest BCUT2D eigenvalue weighted by Gasteiger charge is -2.06. The van der Waals surface area contributed by atoms with Gasteiger partial charge in [-0.05, 0) is 41.0 Å². The summed E-state index contributed by atoms with van der Waals surface area (Å²) >= 11 is 2.97. The second-order valence-electron chi connectivity index (χ2n) is 3.71. The lowest BCUT2D eigenvalue weighted by Crippen LogP contribution is -2.25. The predicted molar refractivity (Wildman–Crippen MR) is 65.9 cm³/mol. The van der Waals surface area contributed by atoms with Crippen molar-refractivity contribution in [3.63, 3.8) is 0 Å². The standard InChI is InChI=1S/C12H14BrF2NO/c1-2-5-16-7-8(17)6-9-11(14)4-3-10(13)12(9)15/h3-4,16H,2,5-7H2,1H3. The van der Waals surface area contributed by atoms with Crippen LogP contribution in [-0.2, 0) is 11.2 Å². The molecule has 2 nitrogen and oxygen atoms in total. The molecule has 0 fully saturated rings. The topological polar surface area (TPSA) is 29.1 Å². The lowest BCUT2D eigenvalue weighted by atomic mass is 10.1. The monoisotopic (exact) mass is 305 g/mol. The van der Waals surface area contributed by atoms with Gasteiger partial charge in [0.05, 0.1) is 11.0 Å². The van der Waals surface area contributed by atoms with E-state index < -0.39 is 11.6 Å². The summed E-state index contributed by atoms with van der Waals surface area (Å²) in [5.74, 6) is -1.61. The van der Waals surface area contributed by atoms with E-state index in [0.29, 0.717) is 0 Å². The molecule has 0 aliphatic rings. The molecule has 1 aromatic carbocycles. The van der Waals surface area contributed by atoms with Crippen LogP contribution in [-0.4, -0.2) is 18.9 Å². The van der Waals surface area contributed by atoms with Crippen molar-refractivity contribution in [2.75, 3.05) is 13.1 Å². The maximum atomic E-state index is 13.6. The van der Waals surface area contributed by atoms with Gasteiger partial charge in [0, 0.05) is 12.0 Å². The van der Waals surface area contributed by atoms with E-state index in [9.17, 15) is 13.6 Å². The number of carbonyl (C=O) groups is 1. The number of benzene rings is 1. The maximum absolute atomic E-state index is 13.6. The summed E-state index contributed by atoms with van der Waals surface area (Å²) in [7, 11) is 0. The van der Waals surface area contributed by atoms with Crippen molar-refractivity contribution in [3.05, 3.63) is 33.8 Å². The van der Waals surface area contributed by atoms with E-state index in [1.807, 2.05) is 6.92 Å². The first-order chi connectivity index (χ1) is 8.06. The first-order valence-electron chi connectivity index (χ1n) is 5.41. The van der Waals surface area contributed by atoms with Gasteiger partial charge in [-0.3, -0.25) is 4.79 Å². The molecule has 0 radical (unpaired) electrons. The Morgan fingerprint density at radius 1 is 1.41 bits per heavy atom. The minimum Gasteiger partial charge on any atom is -0.310 e. The fourth-order valence-electron chi connectivity index (χ4n) is 1.40. The van der Waals surface area contributed by atoms with Crippen LogP contribution in [0.1, 0.15) is 18.9 Å². The van der Waals surface area contributed by atoms with E-state index in [1.54, 1.807) is 0 Å². The highest BCUT2D eigenvalue weighted by molar-refractivity contribution is 9.10. The van der Waals surface area contributed by atoms with E-state index >= 15 is 0 Å². The van der Waals surface area contributed by atoms with Gasteiger partial charge < -0.3 is 5.32 Å². The molecule has 0 aliphatic heterocycles. The van der Waals surface area contributed by atoms with Crippen LogP contribution >= 0.6 is 15.9 Å². The molecule has 0 saturated heterocycles. The zero-order chi connectivity index (χ0) is 12.8. The minimum absolute atomic E-state index is 0.138. The van der Waals surface area contributed by atoms with Crippen molar-refractivity contribution in [2.24, 2.45) is 0 Å². The third-order valence-corrected chi connectivity index (χ3v) is 2.87. The van der Waals surface area contributed by atoms with Crippen molar-refractivity contribution < 1.29 is 13.6 Å². The van der Waals surface area contributed by atoms with Crippen LogP contribution in [0.5, 0.6) is 0 Å². The van der Waals surface area contributed by atoms with Gasteiger partial charge in [0.25, 0.3) is 0 Å². The summed E-state index contributed by atoms with van der Waals surface area (Å²) in [4.78, 5) is 11.5. The van der Waals surface area contributed by atoms with E-state index in [0.717, 1.165) is 19.0 Å². The Bertz CT molecular complexity index is 410. The molecule has 0 bridgehead atoms. The number of carbonyl (C=O) groups excluding carboxylic acids is 1. The Kier molecular flexibility index (Phi) is 5.71. The molecule has 17 heavy (non-hydrogen) atoms. The molecule has 0 spiro atoms. The highest BCUT2D eigenvalue weighted by Gasteiger charge is 2.15. The van der Waals surface area contributed by atoms with Crippen molar-refractivity contribution in [3.8, 4) is 0 Å². The summed E-state index contributed by atoms with van der Waals surface area (Å²) in [5, 5.41) is 2.90. The largest absolute Gasteiger partial charge is 0.310 e. The van der Waals surface area contributed by atoms with Crippen LogP contribution in [0.15, 0.2) is 16.6 Å².